The van der Waals surface area contributed by atoms with E-state index in [4.69, 9.17) is 0 Å². The van der Waals surface area contributed by atoms with Crippen molar-refractivity contribution in [2.24, 2.45) is 22.7 Å². The van der Waals surface area contributed by atoms with E-state index in [-0.39, 0.29) is 0 Å². The molecule has 3 aliphatic rings. The highest BCUT2D eigenvalue weighted by molar-refractivity contribution is 5.57. The monoisotopic (exact) mass is 338 g/mol. The van der Waals surface area contributed by atoms with Crippen LogP contribution < -0.4 is 0 Å². The van der Waals surface area contributed by atoms with Gasteiger partial charge >= 0.3 is 0 Å². The van der Waals surface area contributed by atoms with Crippen molar-refractivity contribution in [3.63, 3.8) is 0 Å². The van der Waals surface area contributed by atoms with Gasteiger partial charge in [0.2, 0.25) is 0 Å². The molecule has 0 radical (unpaired) electrons. The van der Waals surface area contributed by atoms with Gasteiger partial charge in [-0.25, -0.2) is 0 Å². The van der Waals surface area contributed by atoms with E-state index in [0.717, 1.165) is 11.8 Å². The zero-order valence-corrected chi connectivity index (χ0v) is 17.9. The summed E-state index contributed by atoms with van der Waals surface area (Å²) in [5.74, 6) is 1.75. The summed E-state index contributed by atoms with van der Waals surface area (Å²) < 4.78 is 0. The van der Waals surface area contributed by atoms with Crippen LogP contribution in [0.3, 0.4) is 0 Å². The fourth-order valence-electron chi connectivity index (χ4n) is 8.03. The molecule has 4 rings (SSSR count). The van der Waals surface area contributed by atoms with Crippen LogP contribution in [0.4, 0.5) is 0 Å². The van der Waals surface area contributed by atoms with Crippen molar-refractivity contribution >= 4 is 0 Å². The van der Waals surface area contributed by atoms with Crippen LogP contribution in [-0.4, -0.2) is 0 Å². The second-order valence-electron chi connectivity index (χ2n) is 11.0. The van der Waals surface area contributed by atoms with Crippen molar-refractivity contribution in [1.82, 2.24) is 0 Å². The van der Waals surface area contributed by atoms with Gasteiger partial charge in [0.1, 0.15) is 0 Å². The van der Waals surface area contributed by atoms with Crippen molar-refractivity contribution in [2.45, 2.75) is 99.3 Å². The maximum atomic E-state index is 2.68. The van der Waals surface area contributed by atoms with Crippen molar-refractivity contribution in [1.29, 1.82) is 0 Å². The lowest BCUT2D eigenvalue weighted by atomic mass is 9.43. The first-order valence-electron chi connectivity index (χ1n) is 10.6. The summed E-state index contributed by atoms with van der Waals surface area (Å²) in [5.41, 5.74) is 11.3. The predicted molar refractivity (Wildman–Crippen MR) is 108 cm³/mol. The van der Waals surface area contributed by atoms with Gasteiger partial charge in [-0.2, -0.15) is 0 Å². The maximum Gasteiger partial charge on any atom is -0.00329 e. The Morgan fingerprint density at radius 2 is 1.36 bits per heavy atom. The van der Waals surface area contributed by atoms with E-state index < -0.39 is 0 Å². The topological polar surface area (TPSA) is 0 Å². The SMILES string of the molecule is Cc1c(C)c(C)c2c(c1C)C[C@@H]1[C@@]3(C)CCCC(C)(C)[C@@H]3CC[C@@]21C. The molecule has 1 aromatic rings. The zero-order chi connectivity index (χ0) is 18.4. The first-order valence-corrected chi connectivity index (χ1v) is 10.6. The molecule has 2 saturated carbocycles. The summed E-state index contributed by atoms with van der Waals surface area (Å²) in [6.07, 6.45) is 8.48. The Hall–Kier alpha value is -0.780. The van der Waals surface area contributed by atoms with Crippen molar-refractivity contribution in [3.8, 4) is 0 Å². The normalized spacial score (nSPS) is 38.9. The number of hydrogen-bond donors (Lipinski definition) is 0. The Balaban J connectivity index is 1.90. The molecule has 0 unspecified atom stereocenters. The van der Waals surface area contributed by atoms with Gasteiger partial charge in [-0.05, 0) is 121 Å². The van der Waals surface area contributed by atoms with E-state index >= 15 is 0 Å². The molecule has 0 saturated heterocycles. The molecule has 3 aliphatic carbocycles. The fraction of sp³-hybridized carbons (Fsp3) is 0.760. The molecule has 25 heavy (non-hydrogen) atoms. The molecule has 0 bridgehead atoms. The molecule has 4 atom stereocenters. The molecule has 0 aromatic heterocycles. The van der Waals surface area contributed by atoms with Gasteiger partial charge in [-0.1, -0.05) is 34.1 Å². The van der Waals surface area contributed by atoms with Crippen LogP contribution in [0.2, 0.25) is 0 Å². The van der Waals surface area contributed by atoms with Crippen LogP contribution >= 0.6 is 0 Å². The second-order valence-corrected chi connectivity index (χ2v) is 11.0. The summed E-state index contributed by atoms with van der Waals surface area (Å²) in [6.45, 7) is 19.9. The molecular formula is C25H38. The Labute approximate surface area is 155 Å². The third kappa shape index (κ3) is 2.06. The minimum atomic E-state index is 0.404. The summed E-state index contributed by atoms with van der Waals surface area (Å²) in [7, 11) is 0. The molecule has 1 aromatic carbocycles. The summed E-state index contributed by atoms with van der Waals surface area (Å²) in [6, 6.07) is 0. The number of hydrogen-bond acceptors (Lipinski definition) is 0. The van der Waals surface area contributed by atoms with Gasteiger partial charge in [0.25, 0.3) is 0 Å². The smallest absolute Gasteiger partial charge is 0.00329 e. The first-order chi connectivity index (χ1) is 11.5. The van der Waals surface area contributed by atoms with Crippen LogP contribution in [0.5, 0.6) is 0 Å². The van der Waals surface area contributed by atoms with Crippen LogP contribution in [0.1, 0.15) is 93.2 Å². The van der Waals surface area contributed by atoms with E-state index in [1.54, 1.807) is 33.4 Å². The lowest BCUT2D eigenvalue weighted by molar-refractivity contribution is -0.0983. The third-order valence-electron chi connectivity index (χ3n) is 9.59. The van der Waals surface area contributed by atoms with Crippen LogP contribution in [0.25, 0.3) is 0 Å². The molecule has 0 heterocycles. The Morgan fingerprint density at radius 3 is 2.04 bits per heavy atom. The Morgan fingerprint density at radius 1 is 0.720 bits per heavy atom. The minimum absolute atomic E-state index is 0.404. The molecule has 138 valence electrons. The fourth-order valence-corrected chi connectivity index (χ4v) is 8.03. The van der Waals surface area contributed by atoms with Crippen LogP contribution in [0, 0.1) is 50.4 Å². The van der Waals surface area contributed by atoms with Crippen LogP contribution in [0.15, 0.2) is 0 Å². The predicted octanol–water partition coefficient (Wildman–Crippen LogP) is 6.98. The lowest BCUT2D eigenvalue weighted by Crippen LogP contribution is -2.55. The van der Waals surface area contributed by atoms with Gasteiger partial charge in [-0.3, -0.25) is 0 Å². The highest BCUT2D eigenvalue weighted by Crippen LogP contribution is 2.68. The quantitative estimate of drug-likeness (QED) is 0.479. The van der Waals surface area contributed by atoms with E-state index in [1.165, 1.54) is 38.5 Å². The highest BCUT2D eigenvalue weighted by Gasteiger charge is 2.61. The highest BCUT2D eigenvalue weighted by atomic mass is 14.7. The Bertz CT molecular complexity index is 737. The van der Waals surface area contributed by atoms with Gasteiger partial charge in [0.05, 0.1) is 0 Å². The standard InChI is InChI=1S/C25H38/c1-15-16(2)18(4)22-19(17(15)3)14-21-24(7)12-9-11-23(5,6)20(24)10-13-25(21,22)8/h20-21H,9-14H2,1-8H3/t20-,21+,24-,25+/m0/s1. The number of rotatable bonds is 0. The van der Waals surface area contributed by atoms with Crippen molar-refractivity contribution < 1.29 is 0 Å². The third-order valence-corrected chi connectivity index (χ3v) is 9.59. The molecule has 0 aliphatic heterocycles. The largest absolute Gasteiger partial charge is 0.0596 e. The van der Waals surface area contributed by atoms with Gasteiger partial charge in [-0.15, -0.1) is 0 Å². The van der Waals surface area contributed by atoms with Gasteiger partial charge < -0.3 is 0 Å². The van der Waals surface area contributed by atoms with Crippen molar-refractivity contribution in [2.75, 3.05) is 0 Å². The molecule has 0 N–H and O–H groups in total. The number of fused-ring (bicyclic) bond motifs is 5. The van der Waals surface area contributed by atoms with Crippen LogP contribution in [-0.2, 0) is 11.8 Å². The molecule has 2 fully saturated rings. The lowest BCUT2D eigenvalue weighted by Gasteiger charge is -2.61. The zero-order valence-electron chi connectivity index (χ0n) is 17.9. The minimum Gasteiger partial charge on any atom is -0.0596 e. The van der Waals surface area contributed by atoms with Crippen molar-refractivity contribution in [3.05, 3.63) is 33.4 Å². The Kier molecular flexibility index (Phi) is 3.62. The summed E-state index contributed by atoms with van der Waals surface area (Å²) in [4.78, 5) is 0. The van der Waals surface area contributed by atoms with Gasteiger partial charge in [0, 0.05) is 0 Å². The van der Waals surface area contributed by atoms with E-state index in [1.807, 2.05) is 0 Å². The first kappa shape index (κ1) is 17.6. The molecule has 0 spiro atoms. The second kappa shape index (κ2) is 5.14. The summed E-state index contributed by atoms with van der Waals surface area (Å²) >= 11 is 0. The van der Waals surface area contributed by atoms with E-state index in [0.29, 0.717) is 16.2 Å². The van der Waals surface area contributed by atoms with Gasteiger partial charge in [0.15, 0.2) is 0 Å². The van der Waals surface area contributed by atoms with E-state index in [9.17, 15) is 0 Å². The molecule has 0 amide bonds. The molecular weight excluding hydrogens is 300 g/mol. The summed E-state index contributed by atoms with van der Waals surface area (Å²) in [5, 5.41) is 0. The number of benzene rings is 1. The maximum absolute atomic E-state index is 2.68. The van der Waals surface area contributed by atoms with E-state index in [2.05, 4.69) is 55.4 Å². The average molecular weight is 339 g/mol. The average Bonchev–Trinajstić information content (AvgIpc) is 2.85. The molecule has 0 nitrogen and oxygen atoms in total. The molecule has 0 heteroatoms.